The Labute approximate surface area is 245 Å². The maximum absolute atomic E-state index is 13.6. The molecule has 1 aromatic carbocycles. The number of hydrogen-bond acceptors (Lipinski definition) is 11. The van der Waals surface area contributed by atoms with Gasteiger partial charge in [0.25, 0.3) is 0 Å². The van der Waals surface area contributed by atoms with E-state index < -0.39 is 94.3 Å². The van der Waals surface area contributed by atoms with Crippen LogP contribution in [0.4, 0.5) is 0 Å². The summed E-state index contributed by atoms with van der Waals surface area (Å²) in [5.41, 5.74) is -5.76. The van der Waals surface area contributed by atoms with Gasteiger partial charge in [0.1, 0.15) is 23.9 Å². The van der Waals surface area contributed by atoms with Gasteiger partial charge in [0.2, 0.25) is 0 Å². The van der Waals surface area contributed by atoms with Crippen LogP contribution in [0.5, 0.6) is 0 Å². The van der Waals surface area contributed by atoms with Crippen molar-refractivity contribution in [2.75, 3.05) is 6.61 Å². The van der Waals surface area contributed by atoms with Crippen molar-refractivity contribution in [2.45, 2.75) is 102 Å². The number of carbonyl (C=O) groups is 3. The second-order valence-corrected chi connectivity index (χ2v) is 13.4. The zero-order chi connectivity index (χ0) is 31.0. The predicted molar refractivity (Wildman–Crippen MR) is 146 cm³/mol. The van der Waals surface area contributed by atoms with E-state index in [9.17, 15) is 34.8 Å². The number of esters is 3. The molecule has 1 aliphatic heterocycles. The molecule has 1 unspecified atom stereocenters. The number of fused-ring (bicyclic) bond motifs is 3. The fraction of sp³-hybridized carbons (Fsp3) is 0.710. The number of ether oxygens (including phenoxy) is 4. The molecule has 1 aromatic rings. The Morgan fingerprint density at radius 3 is 2.10 bits per heavy atom. The third kappa shape index (κ3) is 4.39. The average molecular weight is 591 g/mol. The summed E-state index contributed by atoms with van der Waals surface area (Å²) >= 11 is 0. The van der Waals surface area contributed by atoms with E-state index in [1.165, 1.54) is 27.7 Å². The Kier molecular flexibility index (Phi) is 7.54. The Morgan fingerprint density at radius 2 is 1.57 bits per heavy atom. The minimum Gasteiger partial charge on any atom is -0.462 e. The number of hydrogen-bond donors (Lipinski definition) is 4. The zero-order valence-electron chi connectivity index (χ0n) is 24.9. The van der Waals surface area contributed by atoms with Crippen LogP contribution < -0.4 is 0 Å². The van der Waals surface area contributed by atoms with Gasteiger partial charge in [-0.2, -0.15) is 0 Å². The highest BCUT2D eigenvalue weighted by Crippen LogP contribution is 2.70. The number of epoxide rings is 1. The highest BCUT2D eigenvalue weighted by atomic mass is 16.6. The van der Waals surface area contributed by atoms with Gasteiger partial charge in [-0.05, 0) is 38.3 Å². The van der Waals surface area contributed by atoms with Crippen molar-refractivity contribution in [3.8, 4) is 0 Å². The number of rotatable bonds is 5. The van der Waals surface area contributed by atoms with Gasteiger partial charge in [0, 0.05) is 37.5 Å². The molecule has 4 aliphatic rings. The van der Waals surface area contributed by atoms with Crippen molar-refractivity contribution >= 4 is 17.9 Å². The molecule has 0 aromatic heterocycles. The van der Waals surface area contributed by atoms with Gasteiger partial charge < -0.3 is 39.4 Å². The molecule has 0 amide bonds. The van der Waals surface area contributed by atoms with E-state index in [1.54, 1.807) is 44.2 Å². The van der Waals surface area contributed by atoms with Crippen LogP contribution in [0.15, 0.2) is 30.3 Å². The Balaban J connectivity index is 1.82. The molecule has 1 spiro atoms. The van der Waals surface area contributed by atoms with E-state index in [4.69, 9.17) is 18.9 Å². The summed E-state index contributed by atoms with van der Waals surface area (Å²) < 4.78 is 24.1. The first-order chi connectivity index (χ1) is 19.5. The van der Waals surface area contributed by atoms with Crippen LogP contribution in [0.2, 0.25) is 0 Å². The molecule has 4 N–H and O–H groups in total. The quantitative estimate of drug-likeness (QED) is 0.222. The molecule has 1 heterocycles. The number of carbonyl (C=O) groups excluding carboxylic acids is 3. The maximum Gasteiger partial charge on any atom is 0.338 e. The average Bonchev–Trinajstić information content (AvgIpc) is 3.64. The Bertz CT molecular complexity index is 1220. The minimum atomic E-state index is -1.67. The molecule has 4 fully saturated rings. The molecule has 5 rings (SSSR count). The normalized spacial score (nSPS) is 44.4. The first kappa shape index (κ1) is 30.9. The number of aliphatic hydroxyl groups excluding tert-OH is 3. The Hall–Kier alpha value is -2.57. The van der Waals surface area contributed by atoms with Crippen LogP contribution in [0.3, 0.4) is 0 Å². The summed E-state index contributed by atoms with van der Waals surface area (Å²) in [5, 5.41) is 47.1. The monoisotopic (exact) mass is 590 g/mol. The molecule has 11 heteroatoms. The fourth-order valence-electron chi connectivity index (χ4n) is 8.83. The molecule has 0 radical (unpaired) electrons. The third-order valence-electron chi connectivity index (χ3n) is 10.8. The summed E-state index contributed by atoms with van der Waals surface area (Å²) in [6.07, 6.45) is -7.63. The van der Waals surface area contributed by atoms with Crippen molar-refractivity contribution in [3.05, 3.63) is 35.9 Å². The molecule has 11 nitrogen and oxygen atoms in total. The van der Waals surface area contributed by atoms with Crippen LogP contribution in [0, 0.1) is 28.6 Å². The highest BCUT2D eigenvalue weighted by Gasteiger charge is 2.81. The zero-order valence-corrected chi connectivity index (χ0v) is 24.9. The molecular formula is C31H42O11. The first-order valence-corrected chi connectivity index (χ1v) is 14.5. The van der Waals surface area contributed by atoms with Crippen LogP contribution in [0.25, 0.3) is 0 Å². The minimum absolute atomic E-state index is 0.0547. The SMILES string of the molecule is CC(=O)O[C@H]1C[C@H](O)[C@]2(CO2)[C@H]2[C@H](OC(C)=O)[C@]3(C(C)(C)O)C[C@H](O)[C@@H](C)C3[C@@H](O)[C@H](OC(=O)c3ccccc3)[C@]12C. The first-order valence-electron chi connectivity index (χ1n) is 14.5. The van der Waals surface area contributed by atoms with Crippen LogP contribution in [-0.4, -0.2) is 92.8 Å². The van der Waals surface area contributed by atoms with Gasteiger partial charge >= 0.3 is 17.9 Å². The van der Waals surface area contributed by atoms with E-state index in [2.05, 4.69) is 0 Å². The van der Waals surface area contributed by atoms with Crippen molar-refractivity contribution < 1.29 is 53.8 Å². The fourth-order valence-corrected chi connectivity index (χ4v) is 8.83. The van der Waals surface area contributed by atoms with E-state index in [0.29, 0.717) is 0 Å². The molecule has 0 bridgehead atoms. The predicted octanol–water partition coefficient (Wildman–Crippen LogP) is 1.38. The number of aliphatic hydroxyl groups is 4. The molecular weight excluding hydrogens is 548 g/mol. The van der Waals surface area contributed by atoms with E-state index in [1.807, 2.05) is 0 Å². The summed E-state index contributed by atoms with van der Waals surface area (Å²) in [7, 11) is 0. The summed E-state index contributed by atoms with van der Waals surface area (Å²) in [6, 6.07) is 8.21. The lowest BCUT2D eigenvalue weighted by Gasteiger charge is -2.57. The van der Waals surface area contributed by atoms with Crippen molar-refractivity contribution in [1.29, 1.82) is 0 Å². The van der Waals surface area contributed by atoms with E-state index in [-0.39, 0.29) is 25.0 Å². The number of benzene rings is 1. The highest BCUT2D eigenvalue weighted by molar-refractivity contribution is 5.89. The lowest BCUT2D eigenvalue weighted by Crippen LogP contribution is -2.69. The molecule has 12 atom stereocenters. The lowest BCUT2D eigenvalue weighted by molar-refractivity contribution is -0.242. The summed E-state index contributed by atoms with van der Waals surface area (Å²) in [4.78, 5) is 38.9. The third-order valence-corrected chi connectivity index (χ3v) is 10.8. The van der Waals surface area contributed by atoms with Gasteiger partial charge in [0.15, 0.2) is 0 Å². The molecule has 3 saturated carbocycles. The van der Waals surface area contributed by atoms with E-state index in [0.717, 1.165) is 0 Å². The molecule has 42 heavy (non-hydrogen) atoms. The van der Waals surface area contributed by atoms with Gasteiger partial charge in [-0.15, -0.1) is 0 Å². The maximum atomic E-state index is 13.6. The van der Waals surface area contributed by atoms with Gasteiger partial charge in [-0.1, -0.05) is 32.0 Å². The standard InChI is InChI=1S/C31H42O11/c1-15-19(34)13-30(28(4,5)38)22(15)23(36)25(42-27(37)18-10-8-7-9-11-18)29(6)21(40-16(2)32)12-20(35)31(14-39-31)24(29)26(30)41-17(3)33/h7-11,15,19-26,34-36,38H,12-14H2,1-6H3/t15-,19+,20+,21+,22?,23-,24+,25+,26+,29-,30+,31-/m1/s1. The molecule has 1 saturated heterocycles. The van der Waals surface area contributed by atoms with E-state index >= 15 is 0 Å². The van der Waals surface area contributed by atoms with Crippen molar-refractivity contribution in [1.82, 2.24) is 0 Å². The topological polar surface area (TPSA) is 172 Å². The van der Waals surface area contributed by atoms with Crippen molar-refractivity contribution in [2.24, 2.45) is 28.6 Å². The summed E-state index contributed by atoms with van der Waals surface area (Å²) in [5.74, 6) is -4.73. The molecule has 3 aliphatic carbocycles. The van der Waals surface area contributed by atoms with Crippen LogP contribution in [-0.2, 0) is 28.5 Å². The second-order valence-electron chi connectivity index (χ2n) is 13.4. The summed E-state index contributed by atoms with van der Waals surface area (Å²) in [6.45, 7) is 8.97. The van der Waals surface area contributed by atoms with Gasteiger partial charge in [0.05, 0.1) is 41.5 Å². The van der Waals surface area contributed by atoms with Crippen LogP contribution in [0.1, 0.15) is 64.7 Å². The molecule has 232 valence electrons. The largest absolute Gasteiger partial charge is 0.462 e. The van der Waals surface area contributed by atoms with Crippen molar-refractivity contribution in [3.63, 3.8) is 0 Å². The lowest BCUT2D eigenvalue weighted by atomic mass is 9.52. The van der Waals surface area contributed by atoms with Gasteiger partial charge in [-0.25, -0.2) is 4.79 Å². The second kappa shape index (κ2) is 10.3. The Morgan fingerprint density at radius 1 is 0.976 bits per heavy atom. The van der Waals surface area contributed by atoms with Crippen LogP contribution >= 0.6 is 0 Å². The van der Waals surface area contributed by atoms with Gasteiger partial charge in [-0.3, -0.25) is 9.59 Å². The smallest absolute Gasteiger partial charge is 0.338 e.